The number of benzene rings is 1. The van der Waals surface area contributed by atoms with Crippen molar-refractivity contribution in [3.8, 4) is 5.88 Å². The first-order valence-corrected chi connectivity index (χ1v) is 6.45. The van der Waals surface area contributed by atoms with Crippen LogP contribution in [-0.2, 0) is 6.61 Å². The van der Waals surface area contributed by atoms with Crippen molar-refractivity contribution in [3.63, 3.8) is 0 Å². The van der Waals surface area contributed by atoms with Gasteiger partial charge in [0, 0.05) is 11.6 Å². The number of rotatable bonds is 4. The Labute approximate surface area is 114 Å². The Morgan fingerprint density at radius 3 is 2.42 bits per heavy atom. The molecule has 19 heavy (non-hydrogen) atoms. The molecule has 3 heteroatoms. The van der Waals surface area contributed by atoms with Gasteiger partial charge in [-0.3, -0.25) is 0 Å². The predicted molar refractivity (Wildman–Crippen MR) is 78.4 cm³/mol. The Kier molecular flexibility index (Phi) is 4.05. The van der Waals surface area contributed by atoms with Crippen molar-refractivity contribution in [2.75, 3.05) is 5.32 Å². The van der Waals surface area contributed by atoms with E-state index in [1.165, 1.54) is 0 Å². The SMILES string of the molecule is CC(C)(C)Nc1cccc(OCc2ccccc2)n1. The van der Waals surface area contributed by atoms with E-state index in [1.807, 2.05) is 48.5 Å². The third-order valence-electron chi connectivity index (χ3n) is 2.46. The maximum absolute atomic E-state index is 5.70. The van der Waals surface area contributed by atoms with Crippen LogP contribution in [0.5, 0.6) is 5.88 Å². The van der Waals surface area contributed by atoms with E-state index in [2.05, 4.69) is 31.1 Å². The average molecular weight is 256 g/mol. The van der Waals surface area contributed by atoms with E-state index < -0.39 is 0 Å². The normalized spacial score (nSPS) is 11.1. The molecule has 0 unspecified atom stereocenters. The Bertz CT molecular complexity index is 518. The highest BCUT2D eigenvalue weighted by atomic mass is 16.5. The molecule has 0 fully saturated rings. The summed E-state index contributed by atoms with van der Waals surface area (Å²) < 4.78 is 5.70. The second kappa shape index (κ2) is 5.74. The van der Waals surface area contributed by atoms with E-state index in [0.29, 0.717) is 12.5 Å². The summed E-state index contributed by atoms with van der Waals surface area (Å²) in [6, 6.07) is 15.8. The Morgan fingerprint density at radius 1 is 1.00 bits per heavy atom. The highest BCUT2D eigenvalue weighted by Crippen LogP contribution is 2.16. The second-order valence-electron chi connectivity index (χ2n) is 5.51. The molecule has 1 aromatic heterocycles. The van der Waals surface area contributed by atoms with Crippen LogP contribution in [0.4, 0.5) is 5.82 Å². The summed E-state index contributed by atoms with van der Waals surface area (Å²) in [7, 11) is 0. The first kappa shape index (κ1) is 13.4. The zero-order chi connectivity index (χ0) is 13.7. The molecule has 0 bridgehead atoms. The zero-order valence-corrected chi connectivity index (χ0v) is 11.7. The summed E-state index contributed by atoms with van der Waals surface area (Å²) in [5.41, 5.74) is 1.13. The van der Waals surface area contributed by atoms with Crippen molar-refractivity contribution >= 4 is 5.82 Å². The molecule has 0 radical (unpaired) electrons. The molecule has 0 atom stereocenters. The quantitative estimate of drug-likeness (QED) is 0.901. The topological polar surface area (TPSA) is 34.1 Å². The van der Waals surface area contributed by atoms with Gasteiger partial charge in [0.25, 0.3) is 0 Å². The number of nitrogens with one attached hydrogen (secondary N) is 1. The summed E-state index contributed by atoms with van der Waals surface area (Å²) in [4.78, 5) is 4.44. The van der Waals surface area contributed by atoms with Gasteiger partial charge in [0.05, 0.1) is 0 Å². The maximum atomic E-state index is 5.70. The molecule has 0 amide bonds. The van der Waals surface area contributed by atoms with E-state index in [0.717, 1.165) is 11.4 Å². The van der Waals surface area contributed by atoms with Crippen LogP contribution in [0.15, 0.2) is 48.5 Å². The number of aromatic nitrogens is 1. The first-order chi connectivity index (χ1) is 9.03. The van der Waals surface area contributed by atoms with Gasteiger partial charge in [-0.1, -0.05) is 36.4 Å². The smallest absolute Gasteiger partial charge is 0.215 e. The van der Waals surface area contributed by atoms with Gasteiger partial charge in [-0.15, -0.1) is 0 Å². The molecule has 0 saturated carbocycles. The molecular formula is C16H20N2O. The molecule has 0 spiro atoms. The molecule has 2 aromatic rings. The molecule has 0 saturated heterocycles. The summed E-state index contributed by atoms with van der Waals surface area (Å²) in [5, 5.41) is 3.33. The molecule has 2 rings (SSSR count). The summed E-state index contributed by atoms with van der Waals surface area (Å²) in [6.07, 6.45) is 0. The van der Waals surface area contributed by atoms with Crippen LogP contribution in [0.1, 0.15) is 26.3 Å². The van der Waals surface area contributed by atoms with Crippen LogP contribution >= 0.6 is 0 Å². The van der Waals surface area contributed by atoms with E-state index in [1.54, 1.807) is 0 Å². The third kappa shape index (κ3) is 4.62. The molecular weight excluding hydrogens is 236 g/mol. The minimum absolute atomic E-state index is 0.00888. The van der Waals surface area contributed by atoms with Crippen molar-refractivity contribution < 1.29 is 4.74 Å². The fourth-order valence-electron chi connectivity index (χ4n) is 1.68. The van der Waals surface area contributed by atoms with Gasteiger partial charge in [0.15, 0.2) is 0 Å². The molecule has 3 nitrogen and oxygen atoms in total. The predicted octanol–water partition coefficient (Wildman–Crippen LogP) is 3.87. The Morgan fingerprint density at radius 2 is 1.74 bits per heavy atom. The largest absolute Gasteiger partial charge is 0.473 e. The standard InChI is InChI=1S/C16H20N2O/c1-16(2,3)18-14-10-7-11-15(17-14)19-12-13-8-5-4-6-9-13/h4-11H,12H2,1-3H3,(H,17,18). The van der Waals surface area contributed by atoms with Crippen molar-refractivity contribution in [1.29, 1.82) is 0 Å². The van der Waals surface area contributed by atoms with E-state index in [9.17, 15) is 0 Å². The molecule has 0 aliphatic rings. The van der Waals surface area contributed by atoms with E-state index in [-0.39, 0.29) is 5.54 Å². The number of hydrogen-bond donors (Lipinski definition) is 1. The minimum atomic E-state index is -0.00888. The van der Waals surface area contributed by atoms with Gasteiger partial charge < -0.3 is 10.1 Å². The lowest BCUT2D eigenvalue weighted by atomic mass is 10.1. The summed E-state index contributed by atoms with van der Waals surface area (Å²) in [6.45, 7) is 6.84. The van der Waals surface area contributed by atoms with Gasteiger partial charge in [-0.05, 0) is 32.4 Å². The average Bonchev–Trinajstić information content (AvgIpc) is 2.36. The van der Waals surface area contributed by atoms with Crippen LogP contribution in [-0.4, -0.2) is 10.5 Å². The highest BCUT2D eigenvalue weighted by molar-refractivity contribution is 5.39. The number of anilines is 1. The molecule has 0 aliphatic heterocycles. The van der Waals surface area contributed by atoms with Crippen LogP contribution < -0.4 is 10.1 Å². The number of nitrogens with zero attached hydrogens (tertiary/aromatic N) is 1. The first-order valence-electron chi connectivity index (χ1n) is 6.45. The van der Waals surface area contributed by atoms with E-state index >= 15 is 0 Å². The monoisotopic (exact) mass is 256 g/mol. The van der Waals surface area contributed by atoms with Crippen molar-refractivity contribution in [2.24, 2.45) is 0 Å². The lowest BCUT2D eigenvalue weighted by Gasteiger charge is -2.21. The highest BCUT2D eigenvalue weighted by Gasteiger charge is 2.10. The van der Waals surface area contributed by atoms with Crippen LogP contribution in [0.25, 0.3) is 0 Å². The fraction of sp³-hybridized carbons (Fsp3) is 0.312. The zero-order valence-electron chi connectivity index (χ0n) is 11.7. The Hall–Kier alpha value is -2.03. The van der Waals surface area contributed by atoms with Gasteiger partial charge in [-0.2, -0.15) is 4.98 Å². The molecule has 1 N–H and O–H groups in total. The second-order valence-corrected chi connectivity index (χ2v) is 5.51. The molecule has 1 aromatic carbocycles. The van der Waals surface area contributed by atoms with E-state index in [4.69, 9.17) is 4.74 Å². The lowest BCUT2D eigenvalue weighted by molar-refractivity contribution is 0.294. The van der Waals surface area contributed by atoms with Crippen molar-refractivity contribution in [3.05, 3.63) is 54.1 Å². The van der Waals surface area contributed by atoms with Crippen LogP contribution in [0.3, 0.4) is 0 Å². The molecule has 0 aliphatic carbocycles. The van der Waals surface area contributed by atoms with Gasteiger partial charge in [0.2, 0.25) is 5.88 Å². The van der Waals surface area contributed by atoms with Crippen molar-refractivity contribution in [2.45, 2.75) is 32.9 Å². The molecule has 100 valence electrons. The van der Waals surface area contributed by atoms with Crippen LogP contribution in [0, 0.1) is 0 Å². The maximum Gasteiger partial charge on any atom is 0.215 e. The fourth-order valence-corrected chi connectivity index (χ4v) is 1.68. The van der Waals surface area contributed by atoms with Crippen molar-refractivity contribution in [1.82, 2.24) is 4.98 Å². The number of hydrogen-bond acceptors (Lipinski definition) is 3. The number of ether oxygens (including phenoxy) is 1. The lowest BCUT2D eigenvalue weighted by Crippen LogP contribution is -2.26. The van der Waals surface area contributed by atoms with Crippen LogP contribution in [0.2, 0.25) is 0 Å². The van der Waals surface area contributed by atoms with Gasteiger partial charge in [-0.25, -0.2) is 0 Å². The Balaban J connectivity index is 1.99. The minimum Gasteiger partial charge on any atom is -0.473 e. The number of pyridine rings is 1. The van der Waals surface area contributed by atoms with Gasteiger partial charge in [0.1, 0.15) is 12.4 Å². The third-order valence-corrected chi connectivity index (χ3v) is 2.46. The summed E-state index contributed by atoms with van der Waals surface area (Å²) in [5.74, 6) is 1.47. The molecule has 1 heterocycles. The van der Waals surface area contributed by atoms with Gasteiger partial charge >= 0.3 is 0 Å². The summed E-state index contributed by atoms with van der Waals surface area (Å²) >= 11 is 0.